The second kappa shape index (κ2) is 5.07. The van der Waals surface area contributed by atoms with Gasteiger partial charge in [0.25, 0.3) is 5.91 Å². The molecule has 0 bridgehead atoms. The molecule has 0 aliphatic rings. The van der Waals surface area contributed by atoms with E-state index in [4.69, 9.17) is 0 Å². The lowest BCUT2D eigenvalue weighted by Gasteiger charge is -1.95. The van der Waals surface area contributed by atoms with Crippen LogP contribution in [0.3, 0.4) is 0 Å². The fraction of sp³-hybridized carbons (Fsp3) is 0. The number of aromatic amines is 1. The highest BCUT2D eigenvalue weighted by Crippen LogP contribution is 2.15. The molecule has 5 heteroatoms. The first-order valence-electron chi connectivity index (χ1n) is 5.77. The summed E-state index contributed by atoms with van der Waals surface area (Å²) in [6.45, 7) is 0. The van der Waals surface area contributed by atoms with E-state index >= 15 is 0 Å². The number of hydrazone groups is 1. The van der Waals surface area contributed by atoms with E-state index in [-0.39, 0.29) is 5.91 Å². The molecule has 19 heavy (non-hydrogen) atoms. The van der Waals surface area contributed by atoms with Crippen molar-refractivity contribution in [2.45, 2.75) is 0 Å². The molecule has 1 amide bonds. The molecular weight excluding hydrogens is 258 g/mol. The van der Waals surface area contributed by atoms with E-state index in [1.54, 1.807) is 12.3 Å². The molecule has 2 N–H and O–H groups in total. The smallest absolute Gasteiger partial charge is 0.281 e. The Labute approximate surface area is 113 Å². The molecule has 0 radical (unpaired) electrons. The van der Waals surface area contributed by atoms with Gasteiger partial charge in [-0.05, 0) is 17.5 Å². The van der Waals surface area contributed by atoms with Gasteiger partial charge in [-0.1, -0.05) is 24.3 Å². The molecule has 4 nitrogen and oxygen atoms in total. The number of carbonyl (C=O) groups excluding carboxylic acids is 1. The van der Waals surface area contributed by atoms with Gasteiger partial charge in [-0.25, -0.2) is 5.43 Å². The number of nitrogens with one attached hydrogen (secondary N) is 2. The number of para-hydroxylation sites is 1. The molecule has 3 aromatic rings. The molecule has 0 atom stereocenters. The maximum atomic E-state index is 11.7. The molecule has 0 aliphatic carbocycles. The van der Waals surface area contributed by atoms with Gasteiger partial charge in [0, 0.05) is 22.7 Å². The predicted octanol–water partition coefficient (Wildman–Crippen LogP) is 2.99. The number of hydrogen-bond donors (Lipinski definition) is 2. The summed E-state index contributed by atoms with van der Waals surface area (Å²) in [6.07, 6.45) is 3.51. The SMILES string of the molecule is O=C(N/N=C\c1c[nH]c2ccccc12)c1cccs1. The highest BCUT2D eigenvalue weighted by molar-refractivity contribution is 7.12. The zero-order chi connectivity index (χ0) is 13.1. The molecule has 0 saturated heterocycles. The van der Waals surface area contributed by atoms with Crippen LogP contribution in [0.25, 0.3) is 10.9 Å². The van der Waals surface area contributed by atoms with Crippen molar-refractivity contribution in [3.05, 3.63) is 58.4 Å². The molecule has 2 heterocycles. The Morgan fingerprint density at radius 2 is 2.16 bits per heavy atom. The minimum atomic E-state index is -0.189. The fourth-order valence-electron chi connectivity index (χ4n) is 1.82. The summed E-state index contributed by atoms with van der Waals surface area (Å²) in [6, 6.07) is 11.5. The van der Waals surface area contributed by atoms with Gasteiger partial charge in [-0.15, -0.1) is 11.3 Å². The van der Waals surface area contributed by atoms with Gasteiger partial charge in [-0.3, -0.25) is 4.79 Å². The predicted molar refractivity (Wildman–Crippen MR) is 77.7 cm³/mol. The topological polar surface area (TPSA) is 57.2 Å². The first kappa shape index (κ1) is 11.7. The molecule has 94 valence electrons. The first-order chi connectivity index (χ1) is 9.34. The van der Waals surface area contributed by atoms with Crippen molar-refractivity contribution in [3.8, 4) is 0 Å². The van der Waals surface area contributed by atoms with E-state index in [0.29, 0.717) is 4.88 Å². The van der Waals surface area contributed by atoms with Crippen molar-refractivity contribution in [1.82, 2.24) is 10.4 Å². The summed E-state index contributed by atoms with van der Waals surface area (Å²) >= 11 is 1.39. The summed E-state index contributed by atoms with van der Waals surface area (Å²) in [5.74, 6) is -0.189. The number of amides is 1. The van der Waals surface area contributed by atoms with E-state index < -0.39 is 0 Å². The number of fused-ring (bicyclic) bond motifs is 1. The van der Waals surface area contributed by atoms with Gasteiger partial charge in [0.05, 0.1) is 11.1 Å². The van der Waals surface area contributed by atoms with Crippen LogP contribution in [-0.4, -0.2) is 17.1 Å². The summed E-state index contributed by atoms with van der Waals surface area (Å²) < 4.78 is 0. The summed E-state index contributed by atoms with van der Waals surface area (Å²) in [7, 11) is 0. The number of carbonyl (C=O) groups is 1. The Morgan fingerprint density at radius 3 is 3.00 bits per heavy atom. The van der Waals surface area contributed by atoms with Crippen molar-refractivity contribution in [2.75, 3.05) is 0 Å². The van der Waals surface area contributed by atoms with E-state index in [9.17, 15) is 4.79 Å². The Hall–Kier alpha value is -2.40. The van der Waals surface area contributed by atoms with Crippen LogP contribution in [0.1, 0.15) is 15.2 Å². The monoisotopic (exact) mass is 269 g/mol. The normalized spacial score (nSPS) is 11.2. The molecule has 0 spiro atoms. The maximum absolute atomic E-state index is 11.7. The first-order valence-corrected chi connectivity index (χ1v) is 6.65. The Balaban J connectivity index is 1.75. The molecule has 0 unspecified atom stereocenters. The third-order valence-electron chi connectivity index (χ3n) is 2.74. The van der Waals surface area contributed by atoms with Gasteiger partial charge in [0.2, 0.25) is 0 Å². The largest absolute Gasteiger partial charge is 0.361 e. The third kappa shape index (κ3) is 2.41. The van der Waals surface area contributed by atoms with Crippen LogP contribution in [0, 0.1) is 0 Å². The van der Waals surface area contributed by atoms with Gasteiger partial charge in [0.1, 0.15) is 0 Å². The molecule has 2 aromatic heterocycles. The minimum absolute atomic E-state index is 0.189. The minimum Gasteiger partial charge on any atom is -0.361 e. The number of nitrogens with zero attached hydrogens (tertiary/aromatic N) is 1. The Kier molecular flexibility index (Phi) is 3.12. The van der Waals surface area contributed by atoms with E-state index in [0.717, 1.165) is 16.5 Å². The van der Waals surface area contributed by atoms with Gasteiger partial charge >= 0.3 is 0 Å². The van der Waals surface area contributed by atoms with Crippen LogP contribution in [0.5, 0.6) is 0 Å². The number of H-pyrrole nitrogens is 1. The molecule has 0 fully saturated rings. The summed E-state index contributed by atoms with van der Waals surface area (Å²) in [5.41, 5.74) is 4.51. The lowest BCUT2D eigenvalue weighted by atomic mass is 10.2. The number of aromatic nitrogens is 1. The Morgan fingerprint density at radius 1 is 1.26 bits per heavy atom. The summed E-state index contributed by atoms with van der Waals surface area (Å²) in [4.78, 5) is 15.5. The number of hydrogen-bond acceptors (Lipinski definition) is 3. The van der Waals surface area contributed by atoms with E-state index in [1.165, 1.54) is 11.3 Å². The van der Waals surface area contributed by atoms with Crippen LogP contribution < -0.4 is 5.43 Å². The molecule has 1 aromatic carbocycles. The highest BCUT2D eigenvalue weighted by Gasteiger charge is 2.04. The zero-order valence-corrected chi connectivity index (χ0v) is 10.8. The van der Waals surface area contributed by atoms with Crippen LogP contribution in [0.4, 0.5) is 0 Å². The second-order valence-electron chi connectivity index (χ2n) is 3.97. The van der Waals surface area contributed by atoms with Gasteiger partial charge in [0.15, 0.2) is 0 Å². The number of rotatable bonds is 3. The van der Waals surface area contributed by atoms with Crippen LogP contribution >= 0.6 is 11.3 Å². The quantitative estimate of drug-likeness (QED) is 0.557. The molecular formula is C14H11N3OS. The van der Waals surface area contributed by atoms with E-state index in [1.807, 2.05) is 41.9 Å². The lowest BCUT2D eigenvalue weighted by Crippen LogP contribution is -2.15. The molecule has 0 saturated carbocycles. The van der Waals surface area contributed by atoms with Crippen molar-refractivity contribution in [3.63, 3.8) is 0 Å². The van der Waals surface area contributed by atoms with Crippen molar-refractivity contribution in [1.29, 1.82) is 0 Å². The van der Waals surface area contributed by atoms with Crippen LogP contribution in [0.15, 0.2) is 53.1 Å². The average molecular weight is 269 g/mol. The van der Waals surface area contributed by atoms with Crippen LogP contribution in [0.2, 0.25) is 0 Å². The van der Waals surface area contributed by atoms with Crippen LogP contribution in [-0.2, 0) is 0 Å². The van der Waals surface area contributed by atoms with E-state index in [2.05, 4.69) is 15.5 Å². The molecule has 0 aliphatic heterocycles. The van der Waals surface area contributed by atoms with Gasteiger partial charge in [-0.2, -0.15) is 5.10 Å². The number of benzene rings is 1. The highest BCUT2D eigenvalue weighted by atomic mass is 32.1. The maximum Gasteiger partial charge on any atom is 0.281 e. The second-order valence-corrected chi connectivity index (χ2v) is 4.91. The van der Waals surface area contributed by atoms with Crippen molar-refractivity contribution < 1.29 is 4.79 Å². The number of thiophene rings is 1. The van der Waals surface area contributed by atoms with Crippen molar-refractivity contribution in [2.24, 2.45) is 5.10 Å². The molecule has 3 rings (SSSR count). The zero-order valence-electron chi connectivity index (χ0n) is 9.96. The Bertz CT molecular complexity index is 728. The average Bonchev–Trinajstić information content (AvgIpc) is 3.08. The third-order valence-corrected chi connectivity index (χ3v) is 3.60. The lowest BCUT2D eigenvalue weighted by molar-refractivity contribution is 0.0959. The van der Waals surface area contributed by atoms with Gasteiger partial charge < -0.3 is 4.98 Å². The van der Waals surface area contributed by atoms with Crippen molar-refractivity contribution >= 4 is 34.4 Å². The fourth-order valence-corrected chi connectivity index (χ4v) is 2.44. The summed E-state index contributed by atoms with van der Waals surface area (Å²) in [5, 5.41) is 6.92. The standard InChI is InChI=1S/C14H11N3OS/c18-14(13-6-3-7-19-13)17-16-9-10-8-15-12-5-2-1-4-11(10)12/h1-9,15H,(H,17,18)/b16-9-.